The summed E-state index contributed by atoms with van der Waals surface area (Å²) in [5, 5.41) is 3.14. The Labute approximate surface area is 145 Å². The topological polar surface area (TPSA) is 64.6 Å². The average Bonchev–Trinajstić information content (AvgIpc) is 2.48. The Balaban J connectivity index is 3.65. The van der Waals surface area contributed by atoms with Crippen LogP contribution in [0.1, 0.15) is 47.5 Å². The average molecular weight is 337 g/mol. The second-order valence-corrected chi connectivity index (χ2v) is 7.38. The largest absolute Gasteiger partial charge is 0.468 e. The van der Waals surface area contributed by atoms with Gasteiger partial charge in [-0.1, -0.05) is 34.3 Å². The first kappa shape index (κ1) is 20.3. The van der Waals surface area contributed by atoms with Gasteiger partial charge in [-0.05, 0) is 31.6 Å². The summed E-state index contributed by atoms with van der Waals surface area (Å²) in [6, 6.07) is 0. The molecular weight excluding hydrogens is 306 g/mol. The van der Waals surface area contributed by atoms with Gasteiger partial charge in [-0.2, -0.15) is 0 Å². The van der Waals surface area contributed by atoms with Crippen molar-refractivity contribution >= 4 is 11.9 Å². The summed E-state index contributed by atoms with van der Waals surface area (Å²) in [5.41, 5.74) is 0.834. The van der Waals surface area contributed by atoms with E-state index in [4.69, 9.17) is 9.47 Å². The number of nitrogens with one attached hydrogen (secondary N) is 1. The van der Waals surface area contributed by atoms with Crippen molar-refractivity contribution in [3.63, 3.8) is 0 Å². The monoisotopic (exact) mass is 337 g/mol. The lowest BCUT2D eigenvalue weighted by Crippen LogP contribution is -2.51. The van der Waals surface area contributed by atoms with Crippen molar-refractivity contribution in [3.8, 4) is 0 Å². The Morgan fingerprint density at radius 1 is 1.17 bits per heavy atom. The molecule has 0 aliphatic carbocycles. The molecule has 1 heterocycles. The SMILES string of the molecule is C=C1NC(C)=C(C(=O)OC)C(CC(C)C)C1(CC(C)C)C(=O)OC. The highest BCUT2D eigenvalue weighted by atomic mass is 16.5. The molecule has 136 valence electrons. The molecule has 2 atom stereocenters. The normalized spacial score (nSPS) is 24.2. The van der Waals surface area contributed by atoms with Gasteiger partial charge in [0.05, 0.1) is 19.8 Å². The van der Waals surface area contributed by atoms with Crippen molar-refractivity contribution < 1.29 is 19.1 Å². The van der Waals surface area contributed by atoms with E-state index in [0.717, 1.165) is 0 Å². The van der Waals surface area contributed by atoms with Gasteiger partial charge in [-0.15, -0.1) is 0 Å². The second-order valence-electron chi connectivity index (χ2n) is 7.38. The number of esters is 2. The van der Waals surface area contributed by atoms with E-state index in [1.54, 1.807) is 0 Å². The van der Waals surface area contributed by atoms with Crippen molar-refractivity contribution in [1.29, 1.82) is 0 Å². The first-order valence-corrected chi connectivity index (χ1v) is 8.45. The van der Waals surface area contributed by atoms with Gasteiger partial charge < -0.3 is 14.8 Å². The fraction of sp³-hybridized carbons (Fsp3) is 0.684. The molecule has 0 aromatic carbocycles. The summed E-state index contributed by atoms with van der Waals surface area (Å²) in [7, 11) is 2.74. The third-order valence-corrected chi connectivity index (χ3v) is 4.62. The predicted octanol–water partition coefficient (Wildman–Crippen LogP) is 3.42. The van der Waals surface area contributed by atoms with Crippen LogP contribution in [0.15, 0.2) is 23.5 Å². The van der Waals surface area contributed by atoms with Crippen LogP contribution in [0.25, 0.3) is 0 Å². The number of rotatable bonds is 6. The minimum absolute atomic E-state index is 0.231. The van der Waals surface area contributed by atoms with Gasteiger partial charge in [0.2, 0.25) is 0 Å². The van der Waals surface area contributed by atoms with Crippen molar-refractivity contribution in [2.45, 2.75) is 47.5 Å². The van der Waals surface area contributed by atoms with Gasteiger partial charge in [0.15, 0.2) is 0 Å². The van der Waals surface area contributed by atoms with Crippen molar-refractivity contribution in [3.05, 3.63) is 23.5 Å². The van der Waals surface area contributed by atoms with Crippen molar-refractivity contribution in [2.75, 3.05) is 14.2 Å². The summed E-state index contributed by atoms with van der Waals surface area (Å²) in [5.74, 6) is -0.559. The maximum Gasteiger partial charge on any atom is 0.335 e. The first-order valence-electron chi connectivity index (χ1n) is 8.45. The number of hydrogen-bond acceptors (Lipinski definition) is 5. The van der Waals surface area contributed by atoms with Gasteiger partial charge in [0.25, 0.3) is 0 Å². The quantitative estimate of drug-likeness (QED) is 0.752. The molecule has 5 nitrogen and oxygen atoms in total. The van der Waals surface area contributed by atoms with Crippen LogP contribution in [0.2, 0.25) is 0 Å². The summed E-state index contributed by atoms with van der Waals surface area (Å²) in [4.78, 5) is 25.4. The van der Waals surface area contributed by atoms with E-state index in [2.05, 4.69) is 25.7 Å². The highest BCUT2D eigenvalue weighted by Crippen LogP contribution is 2.50. The van der Waals surface area contributed by atoms with E-state index in [-0.39, 0.29) is 17.8 Å². The van der Waals surface area contributed by atoms with Crippen LogP contribution >= 0.6 is 0 Å². The Morgan fingerprint density at radius 2 is 1.75 bits per heavy atom. The minimum Gasteiger partial charge on any atom is -0.468 e. The summed E-state index contributed by atoms with van der Waals surface area (Å²) >= 11 is 0. The van der Waals surface area contributed by atoms with E-state index >= 15 is 0 Å². The van der Waals surface area contributed by atoms with Crippen LogP contribution in [-0.4, -0.2) is 26.2 Å². The second kappa shape index (κ2) is 7.86. The van der Waals surface area contributed by atoms with Crippen LogP contribution in [-0.2, 0) is 19.1 Å². The van der Waals surface area contributed by atoms with Gasteiger partial charge in [-0.3, -0.25) is 4.79 Å². The highest BCUT2D eigenvalue weighted by Gasteiger charge is 2.55. The summed E-state index contributed by atoms with van der Waals surface area (Å²) in [6.07, 6.45) is 1.22. The zero-order valence-corrected chi connectivity index (χ0v) is 16.0. The van der Waals surface area contributed by atoms with Gasteiger partial charge >= 0.3 is 11.9 Å². The molecule has 0 radical (unpaired) electrons. The Kier molecular flexibility index (Phi) is 6.64. The molecule has 5 heteroatoms. The predicted molar refractivity (Wildman–Crippen MR) is 93.8 cm³/mol. The standard InChI is InChI=1S/C19H31NO4/c1-11(2)9-15-16(17(21)23-7)13(5)20-14(6)19(15,10-12(3)4)18(22)24-8/h11-12,15,20H,6,9-10H2,1-5,7-8H3. The molecule has 1 aliphatic heterocycles. The van der Waals surface area contributed by atoms with E-state index in [9.17, 15) is 9.59 Å². The molecular formula is C19H31NO4. The van der Waals surface area contributed by atoms with Crippen LogP contribution in [0, 0.1) is 23.2 Å². The molecule has 0 aromatic rings. The van der Waals surface area contributed by atoms with Crippen molar-refractivity contribution in [2.24, 2.45) is 23.2 Å². The van der Waals surface area contributed by atoms with Crippen LogP contribution < -0.4 is 5.32 Å². The fourth-order valence-electron chi connectivity index (χ4n) is 3.76. The Morgan fingerprint density at radius 3 is 2.17 bits per heavy atom. The molecule has 2 unspecified atom stereocenters. The Hall–Kier alpha value is -1.78. The molecule has 1 rings (SSSR count). The molecule has 1 N–H and O–H groups in total. The lowest BCUT2D eigenvalue weighted by Gasteiger charge is -2.46. The van der Waals surface area contributed by atoms with Gasteiger partial charge in [-0.25, -0.2) is 4.79 Å². The number of carbonyl (C=O) groups is 2. The van der Waals surface area contributed by atoms with Gasteiger partial charge in [0, 0.05) is 17.3 Å². The third kappa shape index (κ3) is 3.65. The maximum atomic E-state index is 12.9. The van der Waals surface area contributed by atoms with E-state index in [0.29, 0.717) is 35.7 Å². The number of carbonyl (C=O) groups excluding carboxylic acids is 2. The molecule has 0 saturated carbocycles. The number of methoxy groups -OCH3 is 2. The Bertz CT molecular complexity index is 548. The highest BCUT2D eigenvalue weighted by molar-refractivity contribution is 5.93. The molecule has 0 aromatic heterocycles. The smallest absolute Gasteiger partial charge is 0.335 e. The lowest BCUT2D eigenvalue weighted by atomic mass is 9.61. The van der Waals surface area contributed by atoms with Gasteiger partial charge in [0.1, 0.15) is 5.41 Å². The number of allylic oxidation sites excluding steroid dienone is 1. The zero-order chi connectivity index (χ0) is 18.7. The molecule has 0 bridgehead atoms. The first-order chi connectivity index (χ1) is 11.1. The number of hydrogen-bond donors (Lipinski definition) is 1. The maximum absolute atomic E-state index is 12.9. The minimum atomic E-state index is -0.976. The molecule has 1 aliphatic rings. The zero-order valence-electron chi connectivity index (χ0n) is 16.0. The van der Waals surface area contributed by atoms with Crippen LogP contribution in [0.5, 0.6) is 0 Å². The fourth-order valence-corrected chi connectivity index (χ4v) is 3.76. The van der Waals surface area contributed by atoms with Crippen LogP contribution in [0.3, 0.4) is 0 Å². The van der Waals surface area contributed by atoms with E-state index < -0.39 is 11.4 Å². The molecule has 0 amide bonds. The summed E-state index contributed by atoms with van der Waals surface area (Å²) in [6.45, 7) is 14.2. The molecule has 0 fully saturated rings. The van der Waals surface area contributed by atoms with E-state index in [1.807, 2.05) is 20.8 Å². The molecule has 24 heavy (non-hydrogen) atoms. The van der Waals surface area contributed by atoms with Crippen molar-refractivity contribution in [1.82, 2.24) is 5.32 Å². The van der Waals surface area contributed by atoms with E-state index in [1.165, 1.54) is 14.2 Å². The number of ether oxygens (including phenoxy) is 2. The third-order valence-electron chi connectivity index (χ3n) is 4.62. The summed E-state index contributed by atoms with van der Waals surface area (Å²) < 4.78 is 10.2. The molecule has 0 saturated heterocycles. The molecule has 0 spiro atoms. The lowest BCUT2D eigenvalue weighted by molar-refractivity contribution is -0.155. The van der Waals surface area contributed by atoms with Crippen LogP contribution in [0.4, 0.5) is 0 Å².